The molecule has 0 saturated heterocycles. The van der Waals surface area contributed by atoms with Crippen molar-refractivity contribution in [3.8, 4) is 5.75 Å². The van der Waals surface area contributed by atoms with Gasteiger partial charge in [-0.25, -0.2) is 4.98 Å². The van der Waals surface area contributed by atoms with Crippen molar-refractivity contribution in [3.05, 3.63) is 89.9 Å². The molecule has 0 fully saturated rings. The Balaban J connectivity index is 0.00000187. The molecule has 0 unspecified atom stereocenters. The zero-order valence-corrected chi connectivity index (χ0v) is 18.4. The van der Waals surface area contributed by atoms with Crippen molar-refractivity contribution >= 4 is 24.0 Å². The Bertz CT molecular complexity index is 1100. The monoisotopic (exact) mass is 457 g/mol. The average molecular weight is 457 g/mol. The first-order valence-electron chi connectivity index (χ1n) is 10.4. The van der Waals surface area contributed by atoms with Crippen molar-refractivity contribution < 1.29 is 27.1 Å². The van der Waals surface area contributed by atoms with Crippen LogP contribution in [0.1, 0.15) is 30.4 Å². The number of halogens is 3. The zero-order chi connectivity index (χ0) is 24.3. The fourth-order valence-electron chi connectivity index (χ4n) is 3.13. The Labute approximate surface area is 191 Å². The van der Waals surface area contributed by atoms with E-state index in [4.69, 9.17) is 13.9 Å². The van der Waals surface area contributed by atoms with E-state index in [1.54, 1.807) is 6.07 Å². The van der Waals surface area contributed by atoms with Crippen LogP contribution in [0.15, 0.2) is 77.3 Å². The molecule has 0 spiro atoms. The van der Waals surface area contributed by atoms with Crippen LogP contribution in [-0.2, 0) is 17.6 Å². The van der Waals surface area contributed by atoms with Crippen LogP contribution in [0.2, 0.25) is 0 Å². The highest BCUT2D eigenvalue weighted by Gasteiger charge is 2.30. The van der Waals surface area contributed by atoms with Crippen LogP contribution in [0.4, 0.5) is 13.2 Å². The highest BCUT2D eigenvalue weighted by atomic mass is 19.4. The number of nitrogens with zero attached hydrogens (tertiary/aromatic N) is 1. The van der Waals surface area contributed by atoms with Crippen LogP contribution in [-0.4, -0.2) is 24.6 Å². The first-order chi connectivity index (χ1) is 15.9. The van der Waals surface area contributed by atoms with Gasteiger partial charge in [-0.1, -0.05) is 56.3 Å². The van der Waals surface area contributed by atoms with Gasteiger partial charge in [0.15, 0.2) is 5.58 Å². The fourth-order valence-corrected chi connectivity index (χ4v) is 3.13. The van der Waals surface area contributed by atoms with E-state index < -0.39 is 11.7 Å². The van der Waals surface area contributed by atoms with Crippen molar-refractivity contribution in [1.82, 2.24) is 4.98 Å². The van der Waals surface area contributed by atoms with Gasteiger partial charge in [0.1, 0.15) is 18.1 Å². The minimum absolute atomic E-state index is 0.233. The second kappa shape index (κ2) is 12.4. The lowest BCUT2D eigenvalue weighted by molar-refractivity contribution is -0.0980. The molecule has 4 nitrogen and oxygen atoms in total. The number of ether oxygens (including phenoxy) is 1. The van der Waals surface area contributed by atoms with Crippen molar-refractivity contribution in [1.29, 1.82) is 0 Å². The maximum absolute atomic E-state index is 12.7. The average Bonchev–Trinajstić information content (AvgIpc) is 3.22. The van der Waals surface area contributed by atoms with E-state index in [0.29, 0.717) is 24.1 Å². The number of aromatic nitrogens is 1. The Hall–Kier alpha value is -3.61. The molecule has 0 aliphatic rings. The second-order valence-electron chi connectivity index (χ2n) is 6.99. The van der Waals surface area contributed by atoms with Crippen LogP contribution in [0, 0.1) is 0 Å². The first kappa shape index (κ1) is 25.6. The molecule has 0 amide bonds. The predicted molar refractivity (Wildman–Crippen MR) is 124 cm³/mol. The predicted octanol–water partition coefficient (Wildman–Crippen LogP) is 6.90. The normalized spacial score (nSPS) is 11.9. The Morgan fingerprint density at radius 3 is 2.48 bits per heavy atom. The summed E-state index contributed by atoms with van der Waals surface area (Å²) in [7, 11) is 0. The number of benzene rings is 2. The van der Waals surface area contributed by atoms with E-state index in [1.807, 2.05) is 31.1 Å². The number of aryl methyl sites for hydroxylation is 1. The second-order valence-corrected chi connectivity index (χ2v) is 6.99. The van der Waals surface area contributed by atoms with Crippen LogP contribution in [0.3, 0.4) is 0 Å². The summed E-state index contributed by atoms with van der Waals surface area (Å²) in [5.41, 5.74) is 2.65. The molecule has 0 bridgehead atoms. The number of alkyl halides is 3. The number of carbonyl (C=O) groups is 1. The van der Waals surface area contributed by atoms with Gasteiger partial charge in [-0.2, -0.15) is 13.2 Å². The van der Waals surface area contributed by atoms with Crippen LogP contribution in [0.25, 0.3) is 17.2 Å². The SMILES string of the molecule is C=C/C(=C\C=C\c1nc2c(CCOc3ccc(CCC)cc3)cccc2o1)C(F)(F)F.C=O. The molecule has 1 heterocycles. The van der Waals surface area contributed by atoms with Crippen molar-refractivity contribution in [2.45, 2.75) is 32.4 Å². The maximum atomic E-state index is 12.7. The van der Waals surface area contributed by atoms with Crippen molar-refractivity contribution in [2.24, 2.45) is 0 Å². The highest BCUT2D eigenvalue weighted by molar-refractivity contribution is 5.77. The third-order valence-electron chi connectivity index (χ3n) is 4.68. The van der Waals surface area contributed by atoms with Gasteiger partial charge >= 0.3 is 6.18 Å². The van der Waals surface area contributed by atoms with E-state index >= 15 is 0 Å². The van der Waals surface area contributed by atoms with Gasteiger partial charge in [0.2, 0.25) is 5.89 Å². The summed E-state index contributed by atoms with van der Waals surface area (Å²) in [6.45, 7) is 7.81. The number of rotatable bonds is 9. The van der Waals surface area contributed by atoms with Crippen LogP contribution in [0.5, 0.6) is 5.75 Å². The molecule has 0 radical (unpaired) electrons. The van der Waals surface area contributed by atoms with E-state index in [2.05, 4.69) is 30.6 Å². The van der Waals surface area contributed by atoms with Crippen molar-refractivity contribution in [3.63, 3.8) is 0 Å². The lowest BCUT2D eigenvalue weighted by Gasteiger charge is -2.07. The molecule has 3 aromatic rings. The summed E-state index contributed by atoms with van der Waals surface area (Å²) < 4.78 is 49.7. The molecule has 0 atom stereocenters. The summed E-state index contributed by atoms with van der Waals surface area (Å²) >= 11 is 0. The summed E-state index contributed by atoms with van der Waals surface area (Å²) in [5.74, 6) is 1.04. The molecule has 7 heteroatoms. The third kappa shape index (κ3) is 7.49. The van der Waals surface area contributed by atoms with Gasteiger partial charge in [0.25, 0.3) is 0 Å². The molecule has 0 saturated carbocycles. The van der Waals surface area contributed by atoms with E-state index in [0.717, 1.165) is 36.3 Å². The molecule has 174 valence electrons. The van der Waals surface area contributed by atoms with Crippen LogP contribution >= 0.6 is 0 Å². The van der Waals surface area contributed by atoms with Gasteiger partial charge in [-0.15, -0.1) is 0 Å². The molecule has 33 heavy (non-hydrogen) atoms. The first-order valence-corrected chi connectivity index (χ1v) is 10.4. The number of fused-ring (bicyclic) bond motifs is 1. The van der Waals surface area contributed by atoms with Gasteiger partial charge in [-0.3, -0.25) is 0 Å². The topological polar surface area (TPSA) is 52.3 Å². The molecule has 1 aromatic heterocycles. The molecule has 0 aliphatic heterocycles. The largest absolute Gasteiger partial charge is 0.493 e. The Kier molecular flexibility index (Phi) is 9.66. The quantitative estimate of drug-likeness (QED) is 0.328. The molecule has 0 aliphatic carbocycles. The molecule has 3 rings (SSSR count). The van der Waals surface area contributed by atoms with E-state index in [9.17, 15) is 13.2 Å². The number of carbonyl (C=O) groups excluding carboxylic acids is 1. The smallest absolute Gasteiger partial charge is 0.416 e. The van der Waals surface area contributed by atoms with Crippen LogP contribution < -0.4 is 4.74 Å². The molecular formula is C26H26F3NO3. The standard InChI is InChI=1S/C25H24F3NO2.CH2O/c1-3-7-18-12-14-21(15-13-18)30-17-16-19-8-5-10-22-24(19)29-23(31-22)11-6-9-20(4-2)25(26,27)28;1-2/h4-6,8-15H,2-3,7,16-17H2,1H3;1H2/b11-6+,20-9+;. The third-order valence-corrected chi connectivity index (χ3v) is 4.68. The Morgan fingerprint density at radius 1 is 1.12 bits per heavy atom. The number of oxazole rings is 1. The zero-order valence-electron chi connectivity index (χ0n) is 18.4. The summed E-state index contributed by atoms with van der Waals surface area (Å²) in [6.07, 6.45) is 2.68. The number of hydrogen-bond acceptors (Lipinski definition) is 4. The molecule has 0 N–H and O–H groups in total. The lowest BCUT2D eigenvalue weighted by Crippen LogP contribution is -2.09. The maximum Gasteiger partial charge on any atom is 0.416 e. The summed E-state index contributed by atoms with van der Waals surface area (Å²) in [5, 5.41) is 0. The van der Waals surface area contributed by atoms with Gasteiger partial charge in [-0.05, 0) is 41.8 Å². The number of para-hydroxylation sites is 1. The van der Waals surface area contributed by atoms with E-state index in [-0.39, 0.29) is 5.89 Å². The number of allylic oxidation sites excluding steroid dienone is 4. The lowest BCUT2D eigenvalue weighted by atomic mass is 10.1. The van der Waals surface area contributed by atoms with Gasteiger partial charge < -0.3 is 13.9 Å². The molecule has 2 aromatic carbocycles. The Morgan fingerprint density at radius 2 is 1.85 bits per heavy atom. The van der Waals surface area contributed by atoms with E-state index in [1.165, 1.54) is 17.7 Å². The minimum atomic E-state index is -4.45. The highest BCUT2D eigenvalue weighted by Crippen LogP contribution is 2.26. The van der Waals surface area contributed by atoms with Crippen molar-refractivity contribution in [2.75, 3.05) is 6.61 Å². The minimum Gasteiger partial charge on any atom is -0.493 e. The molecular weight excluding hydrogens is 431 g/mol. The fraction of sp³-hybridized carbons (Fsp3) is 0.231. The summed E-state index contributed by atoms with van der Waals surface area (Å²) in [4.78, 5) is 12.4. The van der Waals surface area contributed by atoms with Gasteiger partial charge in [0, 0.05) is 12.5 Å². The summed E-state index contributed by atoms with van der Waals surface area (Å²) in [6, 6.07) is 13.6. The number of hydrogen-bond donors (Lipinski definition) is 0. The van der Waals surface area contributed by atoms with Gasteiger partial charge in [0.05, 0.1) is 12.2 Å².